The first-order chi connectivity index (χ1) is 9.99. The average Bonchev–Trinajstić information content (AvgIpc) is 2.62. The first-order valence-electron chi connectivity index (χ1n) is 7.92. The number of halogens is 2. The first-order valence-corrected chi connectivity index (χ1v) is 7.92. The summed E-state index contributed by atoms with van der Waals surface area (Å²) in [6.45, 7) is 9.01. The fourth-order valence-corrected chi connectivity index (χ4v) is 3.13. The Hall–Kier alpha value is -1.00. The number of benzene rings is 1. The van der Waals surface area contributed by atoms with Crippen LogP contribution in [0.15, 0.2) is 18.2 Å². The lowest BCUT2D eigenvalue weighted by Gasteiger charge is -2.37. The zero-order valence-electron chi connectivity index (χ0n) is 13.3. The van der Waals surface area contributed by atoms with Gasteiger partial charge in [-0.05, 0) is 38.8 Å². The summed E-state index contributed by atoms with van der Waals surface area (Å²) in [6, 6.07) is 4.27. The highest BCUT2D eigenvalue weighted by atomic mass is 19.1. The molecule has 2 rings (SSSR count). The van der Waals surface area contributed by atoms with Crippen LogP contribution >= 0.6 is 0 Å². The number of hydrogen-bond donors (Lipinski definition) is 1. The van der Waals surface area contributed by atoms with Crippen molar-refractivity contribution in [3.8, 4) is 0 Å². The molecule has 1 N–H and O–H groups in total. The van der Waals surface area contributed by atoms with Crippen molar-refractivity contribution in [3.05, 3.63) is 35.4 Å². The molecule has 1 heterocycles. The van der Waals surface area contributed by atoms with Gasteiger partial charge in [0, 0.05) is 36.3 Å². The predicted octanol–water partition coefficient (Wildman–Crippen LogP) is 3.71. The second kappa shape index (κ2) is 6.84. The summed E-state index contributed by atoms with van der Waals surface area (Å²) in [4.78, 5) is 2.32. The van der Waals surface area contributed by atoms with E-state index in [1.54, 1.807) is 6.07 Å². The van der Waals surface area contributed by atoms with Gasteiger partial charge in [-0.1, -0.05) is 19.9 Å². The molecule has 1 aliphatic rings. The van der Waals surface area contributed by atoms with Gasteiger partial charge < -0.3 is 5.32 Å². The zero-order chi connectivity index (χ0) is 15.5. The number of rotatable bonds is 4. The molecule has 21 heavy (non-hydrogen) atoms. The fourth-order valence-electron chi connectivity index (χ4n) is 3.13. The van der Waals surface area contributed by atoms with E-state index in [2.05, 4.69) is 31.0 Å². The summed E-state index contributed by atoms with van der Waals surface area (Å²) < 4.78 is 26.9. The van der Waals surface area contributed by atoms with Crippen molar-refractivity contribution < 1.29 is 8.78 Å². The Labute approximate surface area is 126 Å². The van der Waals surface area contributed by atoms with Gasteiger partial charge in [-0.15, -0.1) is 0 Å². The molecular weight excluding hydrogens is 270 g/mol. The van der Waals surface area contributed by atoms with Crippen LogP contribution in [0.5, 0.6) is 0 Å². The highest BCUT2D eigenvalue weighted by molar-refractivity contribution is 5.18. The lowest BCUT2D eigenvalue weighted by atomic mass is 9.92. The molecule has 1 unspecified atom stereocenters. The summed E-state index contributed by atoms with van der Waals surface area (Å²) >= 11 is 0. The summed E-state index contributed by atoms with van der Waals surface area (Å²) in [7, 11) is 0. The quantitative estimate of drug-likeness (QED) is 0.911. The Bertz CT molecular complexity index is 472. The van der Waals surface area contributed by atoms with E-state index in [0.29, 0.717) is 18.2 Å². The topological polar surface area (TPSA) is 15.3 Å². The molecule has 0 amide bonds. The van der Waals surface area contributed by atoms with E-state index in [9.17, 15) is 8.78 Å². The van der Waals surface area contributed by atoms with Crippen molar-refractivity contribution in [3.63, 3.8) is 0 Å². The molecule has 118 valence electrons. The standard InChI is InChI=1S/C17H26F2N2/c1-4-17(5-2)12-21(13(3)8-9-20-17)11-14-6-7-15(18)10-16(14)19/h6-7,10,13,20H,4-5,8-9,11-12H2,1-3H3. The van der Waals surface area contributed by atoms with Crippen LogP contribution in [0.25, 0.3) is 0 Å². The predicted molar refractivity (Wildman–Crippen MR) is 82.2 cm³/mol. The van der Waals surface area contributed by atoms with Crippen molar-refractivity contribution in [2.45, 2.75) is 58.2 Å². The van der Waals surface area contributed by atoms with Crippen LogP contribution in [-0.4, -0.2) is 29.6 Å². The van der Waals surface area contributed by atoms with Gasteiger partial charge in [-0.25, -0.2) is 8.78 Å². The van der Waals surface area contributed by atoms with E-state index in [1.165, 1.54) is 6.07 Å². The van der Waals surface area contributed by atoms with E-state index in [1.807, 2.05) is 0 Å². The van der Waals surface area contributed by atoms with E-state index < -0.39 is 11.6 Å². The lowest BCUT2D eigenvalue weighted by Crippen LogP contribution is -2.51. The minimum atomic E-state index is -0.515. The van der Waals surface area contributed by atoms with Gasteiger partial charge in [0.1, 0.15) is 11.6 Å². The smallest absolute Gasteiger partial charge is 0.130 e. The molecule has 1 saturated heterocycles. The second-order valence-electron chi connectivity index (χ2n) is 6.19. The van der Waals surface area contributed by atoms with Crippen LogP contribution in [0.1, 0.15) is 45.6 Å². The third-order valence-corrected chi connectivity index (χ3v) is 4.93. The molecule has 2 nitrogen and oxygen atoms in total. The van der Waals surface area contributed by atoms with Gasteiger partial charge in [0.25, 0.3) is 0 Å². The average molecular weight is 296 g/mol. The first kappa shape index (κ1) is 16.4. The van der Waals surface area contributed by atoms with Crippen molar-refractivity contribution in [1.82, 2.24) is 10.2 Å². The van der Waals surface area contributed by atoms with Crippen molar-refractivity contribution in [2.75, 3.05) is 13.1 Å². The van der Waals surface area contributed by atoms with Gasteiger partial charge in [0.15, 0.2) is 0 Å². The van der Waals surface area contributed by atoms with Gasteiger partial charge in [0.2, 0.25) is 0 Å². The molecule has 1 aromatic rings. The molecule has 1 atom stereocenters. The van der Waals surface area contributed by atoms with E-state index in [4.69, 9.17) is 0 Å². The third-order valence-electron chi connectivity index (χ3n) is 4.93. The molecular formula is C17H26F2N2. The monoisotopic (exact) mass is 296 g/mol. The van der Waals surface area contributed by atoms with Crippen molar-refractivity contribution in [2.24, 2.45) is 0 Å². The fraction of sp³-hybridized carbons (Fsp3) is 0.647. The molecule has 1 aromatic carbocycles. The minimum absolute atomic E-state index is 0.0985. The molecule has 0 radical (unpaired) electrons. The van der Waals surface area contributed by atoms with Crippen molar-refractivity contribution in [1.29, 1.82) is 0 Å². The minimum Gasteiger partial charge on any atom is -0.310 e. The van der Waals surface area contributed by atoms with E-state index in [-0.39, 0.29) is 5.54 Å². The number of nitrogens with zero attached hydrogens (tertiary/aromatic N) is 1. The van der Waals surface area contributed by atoms with Gasteiger partial charge >= 0.3 is 0 Å². The van der Waals surface area contributed by atoms with Crippen LogP contribution in [-0.2, 0) is 6.54 Å². The van der Waals surface area contributed by atoms with Crippen LogP contribution in [0.4, 0.5) is 8.78 Å². The molecule has 0 bridgehead atoms. The Morgan fingerprint density at radius 1 is 1.29 bits per heavy atom. The van der Waals surface area contributed by atoms with Crippen LogP contribution in [0.2, 0.25) is 0 Å². The number of hydrogen-bond acceptors (Lipinski definition) is 2. The second-order valence-corrected chi connectivity index (χ2v) is 6.19. The Morgan fingerprint density at radius 3 is 2.62 bits per heavy atom. The number of nitrogens with one attached hydrogen (secondary N) is 1. The van der Waals surface area contributed by atoms with E-state index in [0.717, 1.165) is 38.4 Å². The van der Waals surface area contributed by atoms with Crippen molar-refractivity contribution >= 4 is 0 Å². The van der Waals surface area contributed by atoms with E-state index >= 15 is 0 Å². The highest BCUT2D eigenvalue weighted by Crippen LogP contribution is 2.24. The largest absolute Gasteiger partial charge is 0.310 e. The van der Waals surface area contributed by atoms with Gasteiger partial charge in [-0.2, -0.15) is 0 Å². The summed E-state index contributed by atoms with van der Waals surface area (Å²) in [5.41, 5.74) is 0.674. The lowest BCUT2D eigenvalue weighted by molar-refractivity contribution is 0.150. The molecule has 0 aliphatic carbocycles. The molecule has 4 heteroatoms. The van der Waals surface area contributed by atoms with Gasteiger partial charge in [0.05, 0.1) is 0 Å². The van der Waals surface area contributed by atoms with Crippen LogP contribution in [0.3, 0.4) is 0 Å². The normalized spacial score (nSPS) is 23.0. The zero-order valence-corrected chi connectivity index (χ0v) is 13.3. The van der Waals surface area contributed by atoms with Crippen LogP contribution < -0.4 is 5.32 Å². The summed E-state index contributed by atoms with van der Waals surface area (Å²) in [6.07, 6.45) is 3.15. The molecule has 0 spiro atoms. The maximum absolute atomic E-state index is 13.9. The molecule has 0 aromatic heterocycles. The summed E-state index contributed by atoms with van der Waals surface area (Å²) in [5.74, 6) is -0.962. The summed E-state index contributed by atoms with van der Waals surface area (Å²) in [5, 5.41) is 3.67. The van der Waals surface area contributed by atoms with Gasteiger partial charge in [-0.3, -0.25) is 4.90 Å². The molecule has 1 aliphatic heterocycles. The van der Waals surface area contributed by atoms with Crippen LogP contribution in [0, 0.1) is 11.6 Å². The maximum Gasteiger partial charge on any atom is 0.130 e. The Morgan fingerprint density at radius 2 is 2.00 bits per heavy atom. The molecule has 0 saturated carbocycles. The maximum atomic E-state index is 13.9. The SMILES string of the molecule is CCC1(CC)CN(Cc2ccc(F)cc2F)C(C)CCN1. The molecule has 1 fully saturated rings. The third kappa shape index (κ3) is 3.80. The highest BCUT2D eigenvalue weighted by Gasteiger charge is 2.33. The Kier molecular flexibility index (Phi) is 5.33. The Balaban J connectivity index is 2.18.